The molecule has 1 atom stereocenters. The number of benzene rings is 1. The van der Waals surface area contributed by atoms with E-state index in [-0.39, 0.29) is 29.1 Å². The standard InChI is InChI=1S/C15H16BrNO4S/c1-9-12-6-11(16)2-3-13(12)21-14(9)15(18)17-7-10-4-5-22(19,20)8-10/h2-3,6,10H,4-5,7-8H2,1H3,(H,17,18). The van der Waals surface area contributed by atoms with Gasteiger partial charge in [0.15, 0.2) is 15.6 Å². The van der Waals surface area contributed by atoms with Crippen LogP contribution in [0.3, 0.4) is 0 Å². The van der Waals surface area contributed by atoms with Crippen molar-refractivity contribution in [2.75, 3.05) is 18.1 Å². The first-order chi connectivity index (χ1) is 10.4. The average molecular weight is 386 g/mol. The summed E-state index contributed by atoms with van der Waals surface area (Å²) in [6, 6.07) is 5.58. The zero-order valence-corrected chi connectivity index (χ0v) is 14.5. The second kappa shape index (κ2) is 5.70. The largest absolute Gasteiger partial charge is 0.451 e. The maximum absolute atomic E-state index is 12.3. The topological polar surface area (TPSA) is 76.4 Å². The van der Waals surface area contributed by atoms with E-state index in [1.54, 1.807) is 0 Å². The Bertz CT molecular complexity index is 841. The first-order valence-electron chi connectivity index (χ1n) is 7.03. The first kappa shape index (κ1) is 15.6. The second-order valence-corrected chi connectivity index (χ2v) is 8.82. The Labute approximate surface area is 137 Å². The molecule has 0 saturated carbocycles. The fourth-order valence-electron chi connectivity index (χ4n) is 2.76. The molecule has 7 heteroatoms. The van der Waals surface area contributed by atoms with Crippen molar-refractivity contribution >= 4 is 42.6 Å². The van der Waals surface area contributed by atoms with Crippen LogP contribution in [0, 0.1) is 12.8 Å². The van der Waals surface area contributed by atoms with E-state index < -0.39 is 9.84 Å². The van der Waals surface area contributed by atoms with Crippen LogP contribution in [0.1, 0.15) is 22.5 Å². The first-order valence-corrected chi connectivity index (χ1v) is 9.64. The fraction of sp³-hybridized carbons (Fsp3) is 0.400. The molecule has 2 heterocycles. The third-order valence-corrected chi connectivity index (χ3v) is 6.31. The van der Waals surface area contributed by atoms with Crippen molar-refractivity contribution in [2.24, 2.45) is 5.92 Å². The molecule has 22 heavy (non-hydrogen) atoms. The van der Waals surface area contributed by atoms with Crippen molar-refractivity contribution < 1.29 is 17.6 Å². The molecule has 118 valence electrons. The minimum absolute atomic E-state index is 0.00669. The van der Waals surface area contributed by atoms with E-state index in [1.807, 2.05) is 25.1 Å². The number of halogens is 1. The van der Waals surface area contributed by atoms with E-state index in [4.69, 9.17) is 4.42 Å². The molecule has 0 aliphatic carbocycles. The lowest BCUT2D eigenvalue weighted by atomic mass is 10.1. The molecule has 1 fully saturated rings. The highest BCUT2D eigenvalue weighted by Crippen LogP contribution is 2.28. The summed E-state index contributed by atoms with van der Waals surface area (Å²) in [4.78, 5) is 12.3. The molecule has 1 aromatic carbocycles. The summed E-state index contributed by atoms with van der Waals surface area (Å²) in [7, 11) is -2.92. The number of amides is 1. The number of hydrogen-bond acceptors (Lipinski definition) is 4. The minimum atomic E-state index is -2.92. The van der Waals surface area contributed by atoms with Gasteiger partial charge in [-0.3, -0.25) is 4.79 Å². The van der Waals surface area contributed by atoms with E-state index in [0.717, 1.165) is 15.4 Å². The smallest absolute Gasteiger partial charge is 0.287 e. The van der Waals surface area contributed by atoms with Crippen LogP contribution in [-0.2, 0) is 9.84 Å². The summed E-state index contributed by atoms with van der Waals surface area (Å²) in [6.07, 6.45) is 0.606. The molecule has 1 unspecified atom stereocenters. The van der Waals surface area contributed by atoms with Crippen molar-refractivity contribution in [3.63, 3.8) is 0 Å². The van der Waals surface area contributed by atoms with Gasteiger partial charge in [-0.1, -0.05) is 15.9 Å². The molecule has 1 N–H and O–H groups in total. The highest BCUT2D eigenvalue weighted by Gasteiger charge is 2.28. The number of carbonyl (C=O) groups excluding carboxylic acids is 1. The van der Waals surface area contributed by atoms with Crippen LogP contribution < -0.4 is 5.32 Å². The van der Waals surface area contributed by atoms with Crippen LogP contribution in [0.4, 0.5) is 0 Å². The van der Waals surface area contributed by atoms with Crippen LogP contribution >= 0.6 is 15.9 Å². The average Bonchev–Trinajstić information content (AvgIpc) is 2.97. The summed E-state index contributed by atoms with van der Waals surface area (Å²) < 4.78 is 29.4. The van der Waals surface area contributed by atoms with Crippen LogP contribution in [0.5, 0.6) is 0 Å². The third kappa shape index (κ3) is 3.05. The van der Waals surface area contributed by atoms with E-state index in [9.17, 15) is 13.2 Å². The molecular weight excluding hydrogens is 370 g/mol. The normalized spacial score (nSPS) is 20.4. The quantitative estimate of drug-likeness (QED) is 0.880. The van der Waals surface area contributed by atoms with Crippen molar-refractivity contribution in [3.8, 4) is 0 Å². The van der Waals surface area contributed by atoms with Gasteiger partial charge in [0.1, 0.15) is 5.58 Å². The summed E-state index contributed by atoms with van der Waals surface area (Å²) in [5, 5.41) is 3.68. The van der Waals surface area contributed by atoms with Crippen LogP contribution in [0.15, 0.2) is 27.1 Å². The number of furan rings is 1. The number of sulfone groups is 1. The van der Waals surface area contributed by atoms with Gasteiger partial charge in [0.05, 0.1) is 11.5 Å². The Morgan fingerprint density at radius 1 is 1.45 bits per heavy atom. The van der Waals surface area contributed by atoms with Gasteiger partial charge in [-0.2, -0.15) is 0 Å². The Hall–Kier alpha value is -1.34. The maximum Gasteiger partial charge on any atom is 0.287 e. The molecule has 3 rings (SSSR count). The molecule has 1 amide bonds. The summed E-state index contributed by atoms with van der Waals surface area (Å²) >= 11 is 3.40. The summed E-state index contributed by atoms with van der Waals surface area (Å²) in [6.45, 7) is 2.20. The van der Waals surface area contributed by atoms with E-state index in [0.29, 0.717) is 18.5 Å². The molecule has 1 aliphatic rings. The van der Waals surface area contributed by atoms with Crippen molar-refractivity contribution in [2.45, 2.75) is 13.3 Å². The Morgan fingerprint density at radius 3 is 2.91 bits per heavy atom. The minimum Gasteiger partial charge on any atom is -0.451 e. The van der Waals surface area contributed by atoms with Crippen LogP contribution in [0.2, 0.25) is 0 Å². The SMILES string of the molecule is Cc1c(C(=O)NCC2CCS(=O)(=O)C2)oc2ccc(Br)cc12. The molecule has 5 nitrogen and oxygen atoms in total. The Morgan fingerprint density at radius 2 is 2.23 bits per heavy atom. The number of nitrogens with one attached hydrogen (secondary N) is 1. The van der Waals surface area contributed by atoms with Gasteiger partial charge in [-0.25, -0.2) is 8.42 Å². The lowest BCUT2D eigenvalue weighted by Crippen LogP contribution is -2.29. The van der Waals surface area contributed by atoms with Gasteiger partial charge in [-0.15, -0.1) is 0 Å². The third-order valence-electron chi connectivity index (χ3n) is 3.98. The highest BCUT2D eigenvalue weighted by molar-refractivity contribution is 9.10. The van der Waals surface area contributed by atoms with Crippen LogP contribution in [0.25, 0.3) is 11.0 Å². The molecule has 0 bridgehead atoms. The highest BCUT2D eigenvalue weighted by atomic mass is 79.9. The summed E-state index contributed by atoms with van der Waals surface area (Å²) in [5.74, 6) is 0.348. The Balaban J connectivity index is 1.74. The number of aryl methyl sites for hydroxylation is 1. The molecule has 0 spiro atoms. The van der Waals surface area contributed by atoms with Gasteiger partial charge in [0, 0.05) is 22.0 Å². The summed E-state index contributed by atoms with van der Waals surface area (Å²) in [5.41, 5.74) is 1.45. The fourth-order valence-corrected chi connectivity index (χ4v) is 4.98. The van der Waals surface area contributed by atoms with Crippen LogP contribution in [-0.4, -0.2) is 32.4 Å². The number of carbonyl (C=O) groups is 1. The van der Waals surface area contributed by atoms with E-state index in [2.05, 4.69) is 21.2 Å². The van der Waals surface area contributed by atoms with Crippen molar-refractivity contribution in [3.05, 3.63) is 34.0 Å². The predicted octanol–water partition coefficient (Wildman–Crippen LogP) is 2.67. The number of rotatable bonds is 3. The zero-order chi connectivity index (χ0) is 15.9. The van der Waals surface area contributed by atoms with Gasteiger partial charge in [-0.05, 0) is 37.5 Å². The van der Waals surface area contributed by atoms with Gasteiger partial charge in [0.2, 0.25) is 0 Å². The van der Waals surface area contributed by atoms with Gasteiger partial charge in [0.25, 0.3) is 5.91 Å². The van der Waals surface area contributed by atoms with Crippen molar-refractivity contribution in [1.29, 1.82) is 0 Å². The van der Waals surface area contributed by atoms with Gasteiger partial charge >= 0.3 is 0 Å². The van der Waals surface area contributed by atoms with Crippen molar-refractivity contribution in [1.82, 2.24) is 5.32 Å². The second-order valence-electron chi connectivity index (χ2n) is 5.68. The molecule has 1 saturated heterocycles. The lowest BCUT2D eigenvalue weighted by molar-refractivity contribution is 0.0922. The maximum atomic E-state index is 12.3. The monoisotopic (exact) mass is 385 g/mol. The van der Waals surface area contributed by atoms with Gasteiger partial charge < -0.3 is 9.73 Å². The zero-order valence-electron chi connectivity index (χ0n) is 12.1. The number of fused-ring (bicyclic) bond motifs is 1. The van der Waals surface area contributed by atoms with E-state index in [1.165, 1.54) is 0 Å². The predicted molar refractivity (Wildman–Crippen MR) is 87.7 cm³/mol. The van der Waals surface area contributed by atoms with E-state index >= 15 is 0 Å². The molecule has 2 aromatic rings. The lowest BCUT2D eigenvalue weighted by Gasteiger charge is -2.08. The molecule has 0 radical (unpaired) electrons. The number of hydrogen-bond donors (Lipinski definition) is 1. The Kier molecular flexibility index (Phi) is 4.03. The molecule has 1 aromatic heterocycles. The molecular formula is C15H16BrNO4S. The molecule has 1 aliphatic heterocycles.